The number of amides is 2. The third-order valence-corrected chi connectivity index (χ3v) is 4.55. The summed E-state index contributed by atoms with van der Waals surface area (Å²) in [4.78, 5) is 23.5. The van der Waals surface area contributed by atoms with Crippen LogP contribution in [0.1, 0.15) is 51.4 Å². The molecule has 0 aliphatic carbocycles. The molecule has 8 nitrogen and oxygen atoms in total. The first-order chi connectivity index (χ1) is 13.7. The number of hydrogen-bond acceptors (Lipinski definition) is 6. The van der Waals surface area contributed by atoms with E-state index in [2.05, 4.69) is 10.6 Å². The van der Waals surface area contributed by atoms with Crippen LogP contribution < -0.4 is 10.6 Å². The molecule has 8 heteroatoms. The first-order valence-electron chi connectivity index (χ1n) is 10.7. The molecule has 2 unspecified atom stereocenters. The minimum atomic E-state index is 0.0595. The molecule has 28 heavy (non-hydrogen) atoms. The Balaban J connectivity index is 1.26. The molecule has 2 amide bonds. The van der Waals surface area contributed by atoms with E-state index in [1.54, 1.807) is 0 Å². The van der Waals surface area contributed by atoms with Crippen LogP contribution >= 0.6 is 0 Å². The van der Waals surface area contributed by atoms with Crippen LogP contribution in [0.4, 0.5) is 0 Å². The van der Waals surface area contributed by atoms with Crippen molar-refractivity contribution < 1.29 is 28.5 Å². The molecule has 2 heterocycles. The Morgan fingerprint density at radius 2 is 1.14 bits per heavy atom. The van der Waals surface area contributed by atoms with Crippen molar-refractivity contribution >= 4 is 11.8 Å². The van der Waals surface area contributed by atoms with Gasteiger partial charge in [-0.2, -0.15) is 0 Å². The lowest BCUT2D eigenvalue weighted by Gasteiger charge is -2.07. The van der Waals surface area contributed by atoms with Crippen LogP contribution in [0.5, 0.6) is 0 Å². The Morgan fingerprint density at radius 3 is 1.54 bits per heavy atom. The molecular weight excluding hydrogens is 364 g/mol. The summed E-state index contributed by atoms with van der Waals surface area (Å²) in [6, 6.07) is 0. The summed E-state index contributed by atoms with van der Waals surface area (Å²) in [7, 11) is 0. The highest BCUT2D eigenvalue weighted by Gasteiger charge is 2.22. The van der Waals surface area contributed by atoms with E-state index in [-0.39, 0.29) is 11.8 Å². The fraction of sp³-hybridized carbons (Fsp3) is 0.900. The lowest BCUT2D eigenvalue weighted by molar-refractivity contribution is -0.123. The average molecular weight is 401 g/mol. The van der Waals surface area contributed by atoms with Gasteiger partial charge >= 0.3 is 0 Å². The monoisotopic (exact) mass is 400 g/mol. The van der Waals surface area contributed by atoms with Crippen molar-refractivity contribution in [2.24, 2.45) is 0 Å². The standard InChI is InChI=1S/C20H36N2O6/c23-19(21-9-3-5-11-25-13-17-15-27-17)7-1-2-8-20(24)22-10-4-6-12-26-14-18-16-28-18/h17-18H,1-16H2,(H,21,23)(H,22,24). The maximum Gasteiger partial charge on any atom is 0.219 e. The zero-order chi connectivity index (χ0) is 19.9. The van der Waals surface area contributed by atoms with Gasteiger partial charge in [0.2, 0.25) is 11.8 Å². The van der Waals surface area contributed by atoms with Gasteiger partial charge in [-0.15, -0.1) is 0 Å². The summed E-state index contributed by atoms with van der Waals surface area (Å²) >= 11 is 0. The molecule has 2 rings (SSSR count). The summed E-state index contributed by atoms with van der Waals surface area (Å²) < 4.78 is 21.0. The number of carbonyl (C=O) groups excluding carboxylic acids is 2. The van der Waals surface area contributed by atoms with Gasteiger partial charge in [-0.25, -0.2) is 0 Å². The van der Waals surface area contributed by atoms with Crippen LogP contribution in [0, 0.1) is 0 Å². The number of nitrogens with one attached hydrogen (secondary N) is 2. The summed E-state index contributed by atoms with van der Waals surface area (Å²) in [5.41, 5.74) is 0. The van der Waals surface area contributed by atoms with Crippen LogP contribution in [0.3, 0.4) is 0 Å². The molecule has 2 aliphatic heterocycles. The number of unbranched alkanes of at least 4 members (excludes halogenated alkanes) is 3. The molecular formula is C20H36N2O6. The fourth-order valence-corrected chi connectivity index (χ4v) is 2.62. The summed E-state index contributed by atoms with van der Waals surface area (Å²) in [5.74, 6) is 0.119. The molecule has 0 saturated carbocycles. The van der Waals surface area contributed by atoms with Crippen LogP contribution in [-0.2, 0) is 28.5 Å². The quantitative estimate of drug-likeness (QED) is 0.249. The van der Waals surface area contributed by atoms with Crippen molar-refractivity contribution in [2.75, 3.05) is 52.7 Å². The van der Waals surface area contributed by atoms with Crippen molar-refractivity contribution in [1.82, 2.24) is 10.6 Å². The van der Waals surface area contributed by atoms with Gasteiger partial charge < -0.3 is 29.6 Å². The first-order valence-corrected chi connectivity index (χ1v) is 10.7. The largest absolute Gasteiger partial charge is 0.379 e. The van der Waals surface area contributed by atoms with E-state index in [9.17, 15) is 9.59 Å². The van der Waals surface area contributed by atoms with Crippen molar-refractivity contribution in [3.63, 3.8) is 0 Å². The number of ether oxygens (including phenoxy) is 4. The summed E-state index contributed by atoms with van der Waals surface area (Å²) in [6.45, 7) is 5.81. The van der Waals surface area contributed by atoms with Crippen molar-refractivity contribution in [2.45, 2.75) is 63.6 Å². The van der Waals surface area contributed by atoms with Gasteiger partial charge in [0.05, 0.1) is 26.4 Å². The maximum atomic E-state index is 11.7. The third-order valence-electron chi connectivity index (χ3n) is 4.55. The predicted octanol–water partition coefficient (Wildman–Crippen LogP) is 1.17. The molecule has 0 bridgehead atoms. The smallest absolute Gasteiger partial charge is 0.219 e. The number of hydrogen-bond donors (Lipinski definition) is 2. The molecule has 0 aromatic heterocycles. The molecule has 2 fully saturated rings. The van der Waals surface area contributed by atoms with Gasteiger partial charge in [0.15, 0.2) is 0 Å². The van der Waals surface area contributed by atoms with E-state index in [0.717, 1.165) is 51.7 Å². The molecule has 0 aromatic rings. The second kappa shape index (κ2) is 14.7. The van der Waals surface area contributed by atoms with Crippen molar-refractivity contribution in [3.05, 3.63) is 0 Å². The van der Waals surface area contributed by atoms with Gasteiger partial charge in [0.1, 0.15) is 12.2 Å². The zero-order valence-electron chi connectivity index (χ0n) is 16.9. The maximum absolute atomic E-state index is 11.7. The van der Waals surface area contributed by atoms with E-state index < -0.39 is 0 Å². The SMILES string of the molecule is O=C(CCCCC(=O)NCCCCOCC1CO1)NCCCCOCC1CO1. The minimum absolute atomic E-state index is 0.0595. The average Bonchev–Trinajstić information content (AvgIpc) is 3.59. The topological polar surface area (TPSA) is 102 Å². The fourth-order valence-electron chi connectivity index (χ4n) is 2.62. The molecule has 0 spiro atoms. The second-order valence-electron chi connectivity index (χ2n) is 7.38. The number of rotatable bonds is 19. The molecule has 2 N–H and O–H groups in total. The van der Waals surface area contributed by atoms with E-state index >= 15 is 0 Å². The second-order valence-corrected chi connectivity index (χ2v) is 7.38. The van der Waals surface area contributed by atoms with Crippen LogP contribution in [0.25, 0.3) is 0 Å². The molecule has 2 aliphatic rings. The van der Waals surface area contributed by atoms with Gasteiger partial charge in [-0.1, -0.05) is 0 Å². The Bertz CT molecular complexity index is 400. The number of epoxide rings is 2. The predicted molar refractivity (Wildman–Crippen MR) is 104 cm³/mol. The van der Waals surface area contributed by atoms with E-state index in [0.29, 0.717) is 64.6 Å². The lowest BCUT2D eigenvalue weighted by Crippen LogP contribution is -2.25. The Kier molecular flexibility index (Phi) is 12.1. The van der Waals surface area contributed by atoms with Gasteiger partial charge in [0.25, 0.3) is 0 Å². The van der Waals surface area contributed by atoms with Gasteiger partial charge in [0, 0.05) is 39.1 Å². The summed E-state index contributed by atoms with van der Waals surface area (Å²) in [5, 5.41) is 5.83. The molecule has 0 aromatic carbocycles. The van der Waals surface area contributed by atoms with Crippen LogP contribution in [0.15, 0.2) is 0 Å². The van der Waals surface area contributed by atoms with E-state index in [1.165, 1.54) is 0 Å². The Labute approximate surface area is 168 Å². The molecule has 162 valence electrons. The van der Waals surface area contributed by atoms with Crippen molar-refractivity contribution in [3.8, 4) is 0 Å². The zero-order valence-corrected chi connectivity index (χ0v) is 16.9. The summed E-state index contributed by atoms with van der Waals surface area (Å²) in [6.07, 6.45) is 6.76. The number of carbonyl (C=O) groups is 2. The van der Waals surface area contributed by atoms with Crippen LogP contribution in [0.2, 0.25) is 0 Å². The highest BCUT2D eigenvalue weighted by atomic mass is 16.6. The molecule has 0 radical (unpaired) electrons. The van der Waals surface area contributed by atoms with E-state index in [1.807, 2.05) is 0 Å². The van der Waals surface area contributed by atoms with Gasteiger partial charge in [-0.3, -0.25) is 9.59 Å². The first kappa shape index (κ1) is 23.1. The third kappa shape index (κ3) is 13.9. The molecule has 2 atom stereocenters. The molecule has 2 saturated heterocycles. The van der Waals surface area contributed by atoms with Gasteiger partial charge in [-0.05, 0) is 38.5 Å². The highest BCUT2D eigenvalue weighted by molar-refractivity contribution is 5.77. The van der Waals surface area contributed by atoms with Crippen molar-refractivity contribution in [1.29, 1.82) is 0 Å². The highest BCUT2D eigenvalue weighted by Crippen LogP contribution is 2.09. The minimum Gasteiger partial charge on any atom is -0.379 e. The van der Waals surface area contributed by atoms with E-state index in [4.69, 9.17) is 18.9 Å². The Morgan fingerprint density at radius 1 is 0.714 bits per heavy atom. The normalized spacial score (nSPS) is 20.0. The lowest BCUT2D eigenvalue weighted by atomic mass is 10.1. The van der Waals surface area contributed by atoms with Crippen LogP contribution in [-0.4, -0.2) is 76.8 Å². The Hall–Kier alpha value is -1.22.